The summed E-state index contributed by atoms with van der Waals surface area (Å²) >= 11 is 13.0. The second-order valence-corrected chi connectivity index (χ2v) is 6.91. The average molecular weight is 379 g/mol. The van der Waals surface area contributed by atoms with Gasteiger partial charge in [0.15, 0.2) is 0 Å². The van der Waals surface area contributed by atoms with Crippen molar-refractivity contribution < 1.29 is 4.74 Å². The van der Waals surface area contributed by atoms with E-state index in [1.807, 2.05) is 42.5 Å². The highest BCUT2D eigenvalue weighted by Crippen LogP contribution is 2.51. The van der Waals surface area contributed by atoms with Gasteiger partial charge in [0.1, 0.15) is 17.2 Å². The van der Waals surface area contributed by atoms with E-state index in [9.17, 15) is 0 Å². The first-order valence-corrected chi connectivity index (χ1v) is 8.94. The van der Waals surface area contributed by atoms with E-state index in [-0.39, 0.29) is 5.92 Å². The molecular weight excluding hydrogens is 367 g/mol. The van der Waals surface area contributed by atoms with Crippen LogP contribution in [0, 0.1) is 0 Å². The summed E-state index contributed by atoms with van der Waals surface area (Å²) in [4.78, 5) is 8.49. The fourth-order valence-electron chi connectivity index (χ4n) is 3.57. The van der Waals surface area contributed by atoms with E-state index in [2.05, 4.69) is 28.2 Å². The summed E-state index contributed by atoms with van der Waals surface area (Å²) in [5.74, 6) is 1.06. The number of nitrogens with zero attached hydrogens (tertiary/aromatic N) is 2. The molecule has 1 unspecified atom stereocenters. The molecule has 0 saturated heterocycles. The van der Waals surface area contributed by atoms with Crippen molar-refractivity contribution in [2.24, 2.45) is 0 Å². The molecule has 3 nitrogen and oxygen atoms in total. The van der Waals surface area contributed by atoms with Crippen molar-refractivity contribution in [2.45, 2.75) is 5.92 Å². The van der Waals surface area contributed by atoms with Gasteiger partial charge in [-0.25, -0.2) is 9.97 Å². The first kappa shape index (κ1) is 15.6. The fraction of sp³-hybridized carbons (Fsp3) is 0.0476. The Labute approximate surface area is 160 Å². The van der Waals surface area contributed by atoms with E-state index in [4.69, 9.17) is 27.9 Å². The van der Waals surface area contributed by atoms with Crippen LogP contribution in [0.1, 0.15) is 22.6 Å². The lowest BCUT2D eigenvalue weighted by Crippen LogP contribution is -2.14. The first-order valence-electron chi connectivity index (χ1n) is 8.18. The molecule has 1 atom stereocenters. The van der Waals surface area contributed by atoms with Crippen LogP contribution >= 0.6 is 23.2 Å². The van der Waals surface area contributed by atoms with E-state index >= 15 is 0 Å². The van der Waals surface area contributed by atoms with Gasteiger partial charge in [-0.3, -0.25) is 0 Å². The zero-order chi connectivity index (χ0) is 17.7. The van der Waals surface area contributed by atoms with Crippen LogP contribution < -0.4 is 4.74 Å². The van der Waals surface area contributed by atoms with Gasteiger partial charge >= 0.3 is 0 Å². The first-order chi connectivity index (χ1) is 12.7. The van der Waals surface area contributed by atoms with Crippen molar-refractivity contribution in [2.75, 3.05) is 0 Å². The van der Waals surface area contributed by atoms with Crippen LogP contribution in [0.5, 0.6) is 11.6 Å². The molecule has 1 aliphatic heterocycles. The van der Waals surface area contributed by atoms with Gasteiger partial charge < -0.3 is 4.74 Å². The molecule has 0 radical (unpaired) electrons. The smallest absolute Gasteiger partial charge is 0.228 e. The van der Waals surface area contributed by atoms with Crippen LogP contribution in [-0.2, 0) is 0 Å². The molecule has 0 spiro atoms. The lowest BCUT2D eigenvalue weighted by Gasteiger charge is -2.29. The molecule has 3 aromatic carbocycles. The SMILES string of the molecule is Clc1ccccc1C1c2ccc3ccccc3c2Oc2ncnc(Cl)c21. The molecule has 1 aromatic heterocycles. The Bertz CT molecular complexity index is 1160. The summed E-state index contributed by atoms with van der Waals surface area (Å²) in [7, 11) is 0. The van der Waals surface area contributed by atoms with E-state index in [1.54, 1.807) is 0 Å². The number of ether oxygens (including phenoxy) is 1. The second kappa shape index (κ2) is 5.97. The van der Waals surface area contributed by atoms with Crippen molar-refractivity contribution in [3.8, 4) is 11.6 Å². The molecule has 5 rings (SSSR count). The molecule has 2 heterocycles. The van der Waals surface area contributed by atoms with Gasteiger partial charge in [-0.2, -0.15) is 0 Å². The number of rotatable bonds is 1. The van der Waals surface area contributed by atoms with Crippen molar-refractivity contribution in [1.82, 2.24) is 9.97 Å². The molecule has 4 aromatic rings. The van der Waals surface area contributed by atoms with Gasteiger partial charge in [0.25, 0.3) is 0 Å². The van der Waals surface area contributed by atoms with Gasteiger partial charge in [0.05, 0.1) is 5.56 Å². The van der Waals surface area contributed by atoms with Gasteiger partial charge in [-0.05, 0) is 17.0 Å². The summed E-state index contributed by atoms with van der Waals surface area (Å²) in [5.41, 5.74) is 2.69. The molecule has 0 bridgehead atoms. The number of aromatic nitrogens is 2. The van der Waals surface area contributed by atoms with Crippen LogP contribution in [-0.4, -0.2) is 9.97 Å². The molecule has 5 heteroatoms. The summed E-state index contributed by atoms with van der Waals surface area (Å²) in [6.07, 6.45) is 1.42. The van der Waals surface area contributed by atoms with Crippen LogP contribution in [0.2, 0.25) is 10.2 Å². The highest BCUT2D eigenvalue weighted by atomic mass is 35.5. The van der Waals surface area contributed by atoms with Crippen molar-refractivity contribution in [1.29, 1.82) is 0 Å². The van der Waals surface area contributed by atoms with E-state index in [0.717, 1.165) is 33.2 Å². The Morgan fingerprint density at radius 2 is 1.62 bits per heavy atom. The third-order valence-corrected chi connectivity index (χ3v) is 5.37. The number of benzene rings is 3. The summed E-state index contributed by atoms with van der Waals surface area (Å²) in [6.45, 7) is 0. The highest BCUT2D eigenvalue weighted by Gasteiger charge is 2.34. The van der Waals surface area contributed by atoms with Crippen LogP contribution in [0.15, 0.2) is 67.0 Å². The Kier molecular flexibility index (Phi) is 3.59. The average Bonchev–Trinajstić information content (AvgIpc) is 2.67. The van der Waals surface area contributed by atoms with E-state index < -0.39 is 0 Å². The Balaban J connectivity index is 1.87. The van der Waals surface area contributed by atoms with Crippen LogP contribution in [0.4, 0.5) is 0 Å². The van der Waals surface area contributed by atoms with Crippen LogP contribution in [0.25, 0.3) is 10.8 Å². The standard InChI is InChI=1S/C21H12Cl2N2O/c22-16-8-4-3-7-14(16)17-15-10-9-12-5-1-2-6-13(12)19(15)26-21-18(17)20(23)24-11-25-21/h1-11,17H. The molecular formula is C21H12Cl2N2O. The number of hydrogen-bond donors (Lipinski definition) is 0. The Hall–Kier alpha value is -2.62. The Morgan fingerprint density at radius 3 is 2.50 bits per heavy atom. The minimum atomic E-state index is -0.194. The number of fused-ring (bicyclic) bond motifs is 4. The zero-order valence-electron chi connectivity index (χ0n) is 13.5. The molecule has 0 N–H and O–H groups in total. The monoisotopic (exact) mass is 378 g/mol. The molecule has 126 valence electrons. The number of hydrogen-bond acceptors (Lipinski definition) is 3. The fourth-order valence-corrected chi connectivity index (χ4v) is 4.05. The summed E-state index contributed by atoms with van der Waals surface area (Å²) in [5, 5.41) is 3.18. The molecule has 0 fully saturated rings. The van der Waals surface area contributed by atoms with Gasteiger partial charge in [0.2, 0.25) is 5.88 Å². The maximum Gasteiger partial charge on any atom is 0.228 e. The van der Waals surface area contributed by atoms with Gasteiger partial charge in [0, 0.05) is 21.9 Å². The lowest BCUT2D eigenvalue weighted by molar-refractivity contribution is 0.437. The van der Waals surface area contributed by atoms with Crippen LogP contribution in [0.3, 0.4) is 0 Å². The zero-order valence-corrected chi connectivity index (χ0v) is 15.0. The van der Waals surface area contributed by atoms with Crippen molar-refractivity contribution in [3.05, 3.63) is 93.9 Å². The topological polar surface area (TPSA) is 35.0 Å². The Morgan fingerprint density at radius 1 is 0.808 bits per heavy atom. The molecule has 0 amide bonds. The van der Waals surface area contributed by atoms with E-state index in [0.29, 0.717) is 16.1 Å². The van der Waals surface area contributed by atoms with Gasteiger partial charge in [-0.1, -0.05) is 77.8 Å². The molecule has 1 aliphatic rings. The molecule has 26 heavy (non-hydrogen) atoms. The maximum atomic E-state index is 6.54. The van der Waals surface area contributed by atoms with Crippen molar-refractivity contribution >= 4 is 34.0 Å². The molecule has 0 aliphatic carbocycles. The minimum Gasteiger partial charge on any atom is -0.438 e. The normalized spacial score (nSPS) is 15.2. The lowest BCUT2D eigenvalue weighted by atomic mass is 9.83. The largest absolute Gasteiger partial charge is 0.438 e. The third-order valence-electron chi connectivity index (χ3n) is 4.72. The highest BCUT2D eigenvalue weighted by molar-refractivity contribution is 6.32. The third kappa shape index (κ3) is 2.28. The molecule has 0 saturated carbocycles. The maximum absolute atomic E-state index is 6.54. The van der Waals surface area contributed by atoms with Crippen molar-refractivity contribution in [3.63, 3.8) is 0 Å². The second-order valence-electron chi connectivity index (χ2n) is 6.14. The quantitative estimate of drug-likeness (QED) is 0.324. The van der Waals surface area contributed by atoms with Gasteiger partial charge in [-0.15, -0.1) is 0 Å². The predicted molar refractivity (Wildman–Crippen MR) is 103 cm³/mol. The predicted octanol–water partition coefficient (Wildman–Crippen LogP) is 6.22. The van der Waals surface area contributed by atoms with E-state index in [1.165, 1.54) is 6.33 Å². The summed E-state index contributed by atoms with van der Waals surface area (Å²) in [6, 6.07) is 20.0. The number of halogens is 2. The summed E-state index contributed by atoms with van der Waals surface area (Å²) < 4.78 is 6.18. The minimum absolute atomic E-state index is 0.194.